The molecule has 0 amide bonds. The van der Waals surface area contributed by atoms with Crippen LogP contribution < -0.4 is 0 Å². The van der Waals surface area contributed by atoms with E-state index in [2.05, 4.69) is 55.4 Å². The summed E-state index contributed by atoms with van der Waals surface area (Å²) in [5.41, 5.74) is 0. The Morgan fingerprint density at radius 3 is 0.750 bits per heavy atom. The van der Waals surface area contributed by atoms with Gasteiger partial charge in [-0.25, -0.2) is 20.3 Å². The first kappa shape index (κ1) is 31.8. The molecule has 0 aromatic carbocycles. The van der Waals surface area contributed by atoms with Crippen LogP contribution in [0.25, 0.3) is 0 Å². The molecule has 0 fully saturated rings. The standard InChI is InChI=1S/C26H54O6/c1-17(2)13-21(9)25(29-27,22(10)14-18(3)4)31-32-26(30-28,23(11)15-19(5)6)24(12)16-20(7)8/h17-24,27-28H,13-16H2,1-12H3. The Balaban J connectivity index is 6.21. The largest absolute Gasteiger partial charge is 0.249 e. The van der Waals surface area contributed by atoms with E-state index in [-0.39, 0.29) is 23.7 Å². The van der Waals surface area contributed by atoms with Gasteiger partial charge in [-0.05, 0) is 49.4 Å². The summed E-state index contributed by atoms with van der Waals surface area (Å²) in [7, 11) is 0. The van der Waals surface area contributed by atoms with Crippen LogP contribution in [0.2, 0.25) is 0 Å². The van der Waals surface area contributed by atoms with E-state index in [0.29, 0.717) is 23.7 Å². The third-order valence-corrected chi connectivity index (χ3v) is 6.63. The molecule has 0 aromatic rings. The summed E-state index contributed by atoms with van der Waals surface area (Å²) in [4.78, 5) is 22.5. The van der Waals surface area contributed by atoms with Crippen molar-refractivity contribution in [3.63, 3.8) is 0 Å². The molecule has 6 nitrogen and oxygen atoms in total. The van der Waals surface area contributed by atoms with Crippen molar-refractivity contribution in [2.24, 2.45) is 47.3 Å². The fraction of sp³-hybridized carbons (Fsp3) is 1.00. The molecule has 0 heterocycles. The third-order valence-electron chi connectivity index (χ3n) is 6.63. The van der Waals surface area contributed by atoms with Crippen LogP contribution in [0.1, 0.15) is 109 Å². The molecule has 4 unspecified atom stereocenters. The van der Waals surface area contributed by atoms with Crippen LogP contribution in [0.5, 0.6) is 0 Å². The third kappa shape index (κ3) is 8.84. The topological polar surface area (TPSA) is 77.4 Å². The molecule has 0 aromatic heterocycles. The van der Waals surface area contributed by atoms with Gasteiger partial charge >= 0.3 is 0 Å². The summed E-state index contributed by atoms with van der Waals surface area (Å²) in [6, 6.07) is 0. The van der Waals surface area contributed by atoms with E-state index in [9.17, 15) is 10.5 Å². The Kier molecular flexibility index (Phi) is 14.1. The highest BCUT2D eigenvalue weighted by molar-refractivity contribution is 4.85. The van der Waals surface area contributed by atoms with Gasteiger partial charge in [0.25, 0.3) is 0 Å². The quantitative estimate of drug-likeness (QED) is 0.129. The van der Waals surface area contributed by atoms with Crippen molar-refractivity contribution in [3.8, 4) is 0 Å². The van der Waals surface area contributed by atoms with Crippen LogP contribution in [-0.2, 0) is 19.6 Å². The highest BCUT2D eigenvalue weighted by Gasteiger charge is 2.52. The van der Waals surface area contributed by atoms with E-state index in [1.165, 1.54) is 0 Å². The van der Waals surface area contributed by atoms with Gasteiger partial charge in [0, 0.05) is 23.7 Å². The zero-order valence-corrected chi connectivity index (χ0v) is 23.0. The zero-order chi connectivity index (χ0) is 25.3. The molecule has 32 heavy (non-hydrogen) atoms. The Hall–Kier alpha value is -0.240. The van der Waals surface area contributed by atoms with Gasteiger partial charge < -0.3 is 0 Å². The molecule has 0 aliphatic heterocycles. The predicted molar refractivity (Wildman–Crippen MR) is 130 cm³/mol. The first-order valence-electron chi connectivity index (χ1n) is 12.7. The molecular formula is C26H54O6. The second kappa shape index (κ2) is 14.2. The lowest BCUT2D eigenvalue weighted by Gasteiger charge is -2.45. The fourth-order valence-corrected chi connectivity index (χ4v) is 5.31. The van der Waals surface area contributed by atoms with Gasteiger partial charge in [0.05, 0.1) is 0 Å². The maximum atomic E-state index is 10.2. The first-order valence-corrected chi connectivity index (χ1v) is 12.7. The van der Waals surface area contributed by atoms with Crippen LogP contribution in [-0.4, -0.2) is 22.1 Å². The maximum Gasteiger partial charge on any atom is 0.238 e. The van der Waals surface area contributed by atoms with Crippen molar-refractivity contribution in [2.75, 3.05) is 0 Å². The molecule has 0 aliphatic carbocycles. The Morgan fingerprint density at radius 1 is 0.438 bits per heavy atom. The minimum absolute atomic E-state index is 0.154. The van der Waals surface area contributed by atoms with E-state index >= 15 is 0 Å². The maximum absolute atomic E-state index is 10.2. The number of hydrogen-bond acceptors (Lipinski definition) is 6. The normalized spacial score (nSPS) is 20.4. The molecule has 2 N–H and O–H groups in total. The average molecular weight is 463 g/mol. The molecular weight excluding hydrogens is 408 g/mol. The molecule has 194 valence electrons. The molecule has 4 atom stereocenters. The molecule has 0 saturated carbocycles. The second-order valence-corrected chi connectivity index (χ2v) is 11.9. The molecule has 0 bridgehead atoms. The predicted octanol–water partition coefficient (Wildman–Crippen LogP) is 8.04. The van der Waals surface area contributed by atoms with Crippen LogP contribution in [0.15, 0.2) is 0 Å². The smallest absolute Gasteiger partial charge is 0.238 e. The van der Waals surface area contributed by atoms with Crippen molar-refractivity contribution >= 4 is 0 Å². The van der Waals surface area contributed by atoms with E-state index in [4.69, 9.17) is 19.6 Å². The average Bonchev–Trinajstić information content (AvgIpc) is 2.63. The summed E-state index contributed by atoms with van der Waals surface area (Å²) >= 11 is 0. The summed E-state index contributed by atoms with van der Waals surface area (Å²) in [5.74, 6) is -1.85. The highest BCUT2D eigenvalue weighted by atomic mass is 17.3. The van der Waals surface area contributed by atoms with Crippen LogP contribution in [0.3, 0.4) is 0 Å². The zero-order valence-electron chi connectivity index (χ0n) is 23.0. The molecule has 0 saturated heterocycles. The van der Waals surface area contributed by atoms with Crippen LogP contribution >= 0.6 is 0 Å². The molecule has 0 spiro atoms. The van der Waals surface area contributed by atoms with E-state index < -0.39 is 11.6 Å². The molecule has 0 rings (SSSR count). The molecule has 6 heteroatoms. The van der Waals surface area contributed by atoms with Gasteiger partial charge in [-0.3, -0.25) is 0 Å². The van der Waals surface area contributed by atoms with E-state index in [0.717, 1.165) is 25.7 Å². The summed E-state index contributed by atoms with van der Waals surface area (Å²) < 4.78 is 0. The van der Waals surface area contributed by atoms with Crippen molar-refractivity contribution in [3.05, 3.63) is 0 Å². The summed E-state index contributed by atoms with van der Waals surface area (Å²) in [6.07, 6.45) is 3.12. The van der Waals surface area contributed by atoms with Crippen molar-refractivity contribution in [1.82, 2.24) is 0 Å². The summed E-state index contributed by atoms with van der Waals surface area (Å²) in [6.45, 7) is 25.1. The Bertz CT molecular complexity index is 415. The highest BCUT2D eigenvalue weighted by Crippen LogP contribution is 2.43. The Morgan fingerprint density at radius 2 is 0.625 bits per heavy atom. The summed E-state index contributed by atoms with van der Waals surface area (Å²) in [5, 5.41) is 20.3. The minimum atomic E-state index is -1.38. The fourth-order valence-electron chi connectivity index (χ4n) is 5.31. The number of rotatable bonds is 17. The van der Waals surface area contributed by atoms with Crippen LogP contribution in [0, 0.1) is 47.3 Å². The van der Waals surface area contributed by atoms with Gasteiger partial charge in [0.1, 0.15) is 0 Å². The lowest BCUT2D eigenvalue weighted by molar-refractivity contribution is -0.599. The van der Waals surface area contributed by atoms with Crippen molar-refractivity contribution in [2.45, 2.75) is 120 Å². The van der Waals surface area contributed by atoms with Gasteiger partial charge in [-0.2, -0.15) is 9.78 Å². The minimum Gasteiger partial charge on any atom is -0.249 e. The second-order valence-electron chi connectivity index (χ2n) is 11.9. The molecule has 0 radical (unpaired) electrons. The first-order chi connectivity index (χ1) is 14.7. The molecule has 0 aliphatic rings. The van der Waals surface area contributed by atoms with E-state index in [1.807, 2.05) is 27.7 Å². The SMILES string of the molecule is CC(C)CC(C)C(OO)(OOC(OO)(C(C)CC(C)C)C(C)CC(C)C)C(C)CC(C)C. The van der Waals surface area contributed by atoms with E-state index in [1.54, 1.807) is 0 Å². The Labute approximate surface area is 198 Å². The van der Waals surface area contributed by atoms with Gasteiger partial charge in [0.2, 0.25) is 11.6 Å². The van der Waals surface area contributed by atoms with Crippen molar-refractivity contribution in [1.29, 1.82) is 0 Å². The van der Waals surface area contributed by atoms with Gasteiger partial charge in [-0.15, -0.1) is 0 Å². The lowest BCUT2D eigenvalue weighted by atomic mass is 9.80. The van der Waals surface area contributed by atoms with Crippen molar-refractivity contribution < 1.29 is 30.1 Å². The van der Waals surface area contributed by atoms with Gasteiger partial charge in [-0.1, -0.05) is 83.1 Å². The lowest BCUT2D eigenvalue weighted by Crippen LogP contribution is -2.54. The monoisotopic (exact) mass is 462 g/mol. The van der Waals surface area contributed by atoms with Crippen LogP contribution in [0.4, 0.5) is 0 Å². The number of hydrogen-bond donors (Lipinski definition) is 2. The van der Waals surface area contributed by atoms with Gasteiger partial charge in [0.15, 0.2) is 0 Å².